The van der Waals surface area contributed by atoms with Crippen molar-refractivity contribution < 1.29 is 4.79 Å². The Labute approximate surface area is 118 Å². The maximum absolute atomic E-state index is 11.4. The van der Waals surface area contributed by atoms with Gasteiger partial charge in [-0.1, -0.05) is 42.5 Å². The topological polar surface area (TPSA) is 55.1 Å². The van der Waals surface area contributed by atoms with Gasteiger partial charge in [0.05, 0.1) is 0 Å². The fourth-order valence-corrected chi connectivity index (χ4v) is 2.77. The number of benzene rings is 2. The number of nitrogens with one attached hydrogen (secondary N) is 1. The number of carbonyl (C=O) groups excluding carboxylic acids is 1. The fraction of sp³-hybridized carbons (Fsp3) is 0.235. The Morgan fingerprint density at radius 2 is 1.85 bits per heavy atom. The maximum atomic E-state index is 11.4. The first-order chi connectivity index (χ1) is 9.78. The number of hydrogen-bond donors (Lipinski definition) is 2. The summed E-state index contributed by atoms with van der Waals surface area (Å²) in [5, 5.41) is 2.91. The molecule has 0 radical (unpaired) electrons. The monoisotopic (exact) mass is 266 g/mol. The van der Waals surface area contributed by atoms with Crippen LogP contribution in [0.5, 0.6) is 0 Å². The van der Waals surface area contributed by atoms with Gasteiger partial charge < -0.3 is 11.1 Å². The third-order valence-corrected chi connectivity index (χ3v) is 3.86. The van der Waals surface area contributed by atoms with Crippen molar-refractivity contribution in [1.29, 1.82) is 0 Å². The molecule has 2 aromatic carbocycles. The second-order valence-electron chi connectivity index (χ2n) is 5.16. The Morgan fingerprint density at radius 3 is 2.60 bits per heavy atom. The van der Waals surface area contributed by atoms with Crippen molar-refractivity contribution in [2.45, 2.75) is 18.8 Å². The summed E-state index contributed by atoms with van der Waals surface area (Å²) in [5.41, 5.74) is 10.6. The molecule has 0 spiro atoms. The van der Waals surface area contributed by atoms with Gasteiger partial charge in [-0.05, 0) is 29.2 Å². The minimum Gasteiger partial charge on any atom is -0.330 e. The lowest BCUT2D eigenvalue weighted by molar-refractivity contribution is -0.116. The molecule has 1 aliphatic heterocycles. The van der Waals surface area contributed by atoms with Crippen LogP contribution in [-0.2, 0) is 11.2 Å². The van der Waals surface area contributed by atoms with Crippen LogP contribution in [0.3, 0.4) is 0 Å². The van der Waals surface area contributed by atoms with Gasteiger partial charge in [0.25, 0.3) is 0 Å². The van der Waals surface area contributed by atoms with Crippen LogP contribution in [0.4, 0.5) is 5.69 Å². The molecular weight excluding hydrogens is 248 g/mol. The second kappa shape index (κ2) is 5.47. The van der Waals surface area contributed by atoms with E-state index in [4.69, 9.17) is 5.73 Å². The first kappa shape index (κ1) is 12.9. The average molecular weight is 266 g/mol. The van der Waals surface area contributed by atoms with Gasteiger partial charge in [-0.15, -0.1) is 0 Å². The van der Waals surface area contributed by atoms with Crippen LogP contribution in [0.15, 0.2) is 48.5 Å². The average Bonchev–Trinajstić information content (AvgIpc) is 2.49. The highest BCUT2D eigenvalue weighted by Gasteiger charge is 2.18. The summed E-state index contributed by atoms with van der Waals surface area (Å²) in [4.78, 5) is 11.4. The van der Waals surface area contributed by atoms with E-state index in [2.05, 4.69) is 29.6 Å². The van der Waals surface area contributed by atoms with E-state index in [0.717, 1.165) is 12.1 Å². The van der Waals surface area contributed by atoms with Crippen LogP contribution in [0.1, 0.15) is 29.0 Å². The standard InChI is InChI=1S/C17H18N2O/c18-11-15(12-4-2-1-3-5-12)13-6-8-16-14(10-13)7-9-17(20)19-16/h1-6,8,10,15H,7,9,11,18H2,(H,19,20). The minimum atomic E-state index is 0.101. The lowest BCUT2D eigenvalue weighted by atomic mass is 9.89. The molecule has 2 aromatic rings. The highest BCUT2D eigenvalue weighted by atomic mass is 16.1. The molecule has 0 fully saturated rings. The zero-order valence-electron chi connectivity index (χ0n) is 11.3. The number of nitrogens with two attached hydrogens (primary N) is 1. The Kier molecular flexibility index (Phi) is 3.52. The van der Waals surface area contributed by atoms with Crippen LogP contribution < -0.4 is 11.1 Å². The van der Waals surface area contributed by atoms with Crippen molar-refractivity contribution in [1.82, 2.24) is 0 Å². The van der Waals surface area contributed by atoms with Crippen LogP contribution >= 0.6 is 0 Å². The molecule has 0 aromatic heterocycles. The predicted molar refractivity (Wildman–Crippen MR) is 80.7 cm³/mol. The molecule has 1 heterocycles. The van der Waals surface area contributed by atoms with Gasteiger partial charge in [-0.3, -0.25) is 4.79 Å². The number of anilines is 1. The molecule has 1 atom stereocenters. The summed E-state index contributed by atoms with van der Waals surface area (Å²) in [6.07, 6.45) is 1.37. The van der Waals surface area contributed by atoms with E-state index >= 15 is 0 Å². The van der Waals surface area contributed by atoms with Crippen molar-refractivity contribution in [2.75, 3.05) is 11.9 Å². The lowest BCUT2D eigenvalue weighted by Gasteiger charge is -2.21. The zero-order chi connectivity index (χ0) is 13.9. The Hall–Kier alpha value is -2.13. The van der Waals surface area contributed by atoms with E-state index in [1.807, 2.05) is 24.3 Å². The summed E-state index contributed by atoms with van der Waals surface area (Å²) in [6, 6.07) is 16.5. The Morgan fingerprint density at radius 1 is 1.05 bits per heavy atom. The third-order valence-electron chi connectivity index (χ3n) is 3.86. The molecule has 1 aliphatic rings. The summed E-state index contributed by atoms with van der Waals surface area (Å²) in [6.45, 7) is 0.579. The van der Waals surface area contributed by atoms with Gasteiger partial charge in [0, 0.05) is 24.6 Å². The van der Waals surface area contributed by atoms with Crippen molar-refractivity contribution in [3.63, 3.8) is 0 Å². The normalized spacial score (nSPS) is 15.3. The number of aryl methyl sites for hydroxylation is 1. The number of amides is 1. The van der Waals surface area contributed by atoms with Crippen LogP contribution in [0.2, 0.25) is 0 Å². The quantitative estimate of drug-likeness (QED) is 0.897. The highest BCUT2D eigenvalue weighted by Crippen LogP contribution is 2.29. The molecule has 0 aliphatic carbocycles. The molecule has 3 rings (SSSR count). The molecule has 1 amide bonds. The van der Waals surface area contributed by atoms with Crippen LogP contribution in [0.25, 0.3) is 0 Å². The number of carbonyl (C=O) groups is 1. The first-order valence-electron chi connectivity index (χ1n) is 6.95. The molecule has 1 unspecified atom stereocenters. The summed E-state index contributed by atoms with van der Waals surface area (Å²) < 4.78 is 0. The Balaban J connectivity index is 1.95. The molecule has 3 N–H and O–H groups in total. The number of hydrogen-bond acceptors (Lipinski definition) is 2. The van der Waals surface area contributed by atoms with Gasteiger partial charge in [-0.2, -0.15) is 0 Å². The van der Waals surface area contributed by atoms with Crippen LogP contribution in [-0.4, -0.2) is 12.5 Å². The fourth-order valence-electron chi connectivity index (χ4n) is 2.77. The van der Waals surface area contributed by atoms with E-state index < -0.39 is 0 Å². The maximum Gasteiger partial charge on any atom is 0.224 e. The van der Waals surface area contributed by atoms with Crippen molar-refractivity contribution in [3.05, 3.63) is 65.2 Å². The predicted octanol–water partition coefficient (Wildman–Crippen LogP) is 2.66. The van der Waals surface area contributed by atoms with Crippen molar-refractivity contribution >= 4 is 11.6 Å². The van der Waals surface area contributed by atoms with E-state index in [1.165, 1.54) is 16.7 Å². The van der Waals surface area contributed by atoms with E-state index in [0.29, 0.717) is 13.0 Å². The molecule has 0 saturated carbocycles. The minimum absolute atomic E-state index is 0.101. The van der Waals surface area contributed by atoms with E-state index in [-0.39, 0.29) is 11.8 Å². The SMILES string of the molecule is NCC(c1ccccc1)c1ccc2c(c1)CCC(=O)N2. The molecule has 0 bridgehead atoms. The Bertz CT molecular complexity index is 622. The molecule has 20 heavy (non-hydrogen) atoms. The smallest absolute Gasteiger partial charge is 0.224 e. The van der Waals surface area contributed by atoms with Gasteiger partial charge >= 0.3 is 0 Å². The van der Waals surface area contributed by atoms with Gasteiger partial charge in [-0.25, -0.2) is 0 Å². The highest BCUT2D eigenvalue weighted by molar-refractivity contribution is 5.93. The first-order valence-corrected chi connectivity index (χ1v) is 6.95. The third kappa shape index (κ3) is 2.45. The van der Waals surface area contributed by atoms with Crippen molar-refractivity contribution in [2.24, 2.45) is 5.73 Å². The largest absolute Gasteiger partial charge is 0.330 e. The van der Waals surface area contributed by atoms with E-state index in [1.54, 1.807) is 0 Å². The lowest BCUT2D eigenvalue weighted by Crippen LogP contribution is -2.20. The summed E-state index contributed by atoms with van der Waals surface area (Å²) >= 11 is 0. The number of fused-ring (bicyclic) bond motifs is 1. The van der Waals surface area contributed by atoms with E-state index in [9.17, 15) is 4.79 Å². The molecule has 3 nitrogen and oxygen atoms in total. The summed E-state index contributed by atoms with van der Waals surface area (Å²) in [7, 11) is 0. The zero-order valence-corrected chi connectivity index (χ0v) is 11.3. The molecular formula is C17H18N2O. The van der Waals surface area contributed by atoms with Gasteiger partial charge in [0.2, 0.25) is 5.91 Å². The van der Waals surface area contributed by atoms with Crippen molar-refractivity contribution in [3.8, 4) is 0 Å². The van der Waals surface area contributed by atoms with Crippen LogP contribution in [0, 0.1) is 0 Å². The van der Waals surface area contributed by atoms with Gasteiger partial charge in [0.15, 0.2) is 0 Å². The number of rotatable bonds is 3. The molecule has 3 heteroatoms. The molecule has 102 valence electrons. The second-order valence-corrected chi connectivity index (χ2v) is 5.16. The summed E-state index contributed by atoms with van der Waals surface area (Å²) in [5.74, 6) is 0.308. The van der Waals surface area contributed by atoms with Gasteiger partial charge in [0.1, 0.15) is 0 Å². The molecule has 0 saturated heterocycles.